The standard InChI is InChI=1S/C73H54N4O2/c1-7-17-48-52-21-15-25-62(72(52)78-66(48)8-2)74(46-32-28-44(29-33-46)42(3)4)60-38-36-50-56-40-65-57(41-64(56)76-58-23-12-9-19-54(58)68(60)70(50)76)51-37-39-61(69-55-20-10-13-24-59(55)77(65)71(51)69)75(47-34-30-45(31-35-47)43(5)6)63-26-16-22-53-49-18-11-14-27-67(49)79-73(53)63/h7-43H,2H2,1,3-6H3/b17-7-. The average Bonchev–Trinajstić information content (AvgIpc) is 3.47. The quantitative estimate of drug-likeness (QED) is 0.137. The molecule has 0 radical (unpaired) electrons. The Kier molecular flexibility index (Phi) is 9.69. The van der Waals surface area contributed by atoms with Gasteiger partial charge in [-0.1, -0.05) is 162 Å². The monoisotopic (exact) mass is 1020 g/mol. The fourth-order valence-electron chi connectivity index (χ4n) is 13.4. The van der Waals surface area contributed by atoms with Crippen molar-refractivity contribution in [1.29, 1.82) is 0 Å². The number of para-hydroxylation sites is 5. The minimum absolute atomic E-state index is 0.397. The van der Waals surface area contributed by atoms with E-state index in [4.69, 9.17) is 8.83 Å². The lowest BCUT2D eigenvalue weighted by atomic mass is 10.0. The molecule has 0 unspecified atom stereocenters. The normalized spacial score (nSPS) is 12.6. The molecule has 0 amide bonds. The van der Waals surface area contributed by atoms with Crippen LogP contribution in [0.2, 0.25) is 0 Å². The van der Waals surface area contributed by atoms with Crippen LogP contribution in [0.15, 0.2) is 216 Å². The predicted molar refractivity (Wildman–Crippen MR) is 335 cm³/mol. The van der Waals surface area contributed by atoms with Gasteiger partial charge in [-0.05, 0) is 115 Å². The van der Waals surface area contributed by atoms with E-state index in [0.717, 1.165) is 78.4 Å². The zero-order chi connectivity index (χ0) is 52.9. The first-order valence-corrected chi connectivity index (χ1v) is 27.6. The van der Waals surface area contributed by atoms with Gasteiger partial charge in [-0.25, -0.2) is 0 Å². The van der Waals surface area contributed by atoms with Crippen LogP contribution in [0.3, 0.4) is 0 Å². The maximum atomic E-state index is 6.83. The third-order valence-corrected chi connectivity index (χ3v) is 17.0. The summed E-state index contributed by atoms with van der Waals surface area (Å²) in [5, 5.41) is 12.9. The van der Waals surface area contributed by atoms with Crippen LogP contribution in [0.1, 0.15) is 68.9 Å². The number of hydrogen-bond acceptors (Lipinski definition) is 4. The van der Waals surface area contributed by atoms with Gasteiger partial charge < -0.3 is 27.4 Å². The molecule has 0 atom stereocenters. The zero-order valence-electron chi connectivity index (χ0n) is 44.7. The first-order chi connectivity index (χ1) is 38.8. The summed E-state index contributed by atoms with van der Waals surface area (Å²) in [7, 11) is 0. The molecule has 0 aliphatic rings. The number of hydrogen-bond donors (Lipinski definition) is 0. The highest BCUT2D eigenvalue weighted by molar-refractivity contribution is 6.32. The van der Waals surface area contributed by atoms with Crippen molar-refractivity contribution < 1.29 is 8.83 Å². The van der Waals surface area contributed by atoms with Gasteiger partial charge in [0, 0.05) is 76.2 Å². The second-order valence-electron chi connectivity index (χ2n) is 22.0. The Labute approximate surface area is 456 Å². The molecule has 6 heteroatoms. The molecular formula is C73H54N4O2. The number of anilines is 6. The van der Waals surface area contributed by atoms with Crippen LogP contribution in [0.25, 0.3) is 121 Å². The highest BCUT2D eigenvalue weighted by atomic mass is 16.3. The molecule has 0 fully saturated rings. The molecule has 6 aromatic heterocycles. The lowest BCUT2D eigenvalue weighted by Gasteiger charge is -2.27. The highest BCUT2D eigenvalue weighted by Gasteiger charge is 2.30. The number of allylic oxidation sites excluding steroid dienone is 1. The largest absolute Gasteiger partial charge is 0.454 e. The van der Waals surface area contributed by atoms with Gasteiger partial charge in [0.15, 0.2) is 11.2 Å². The van der Waals surface area contributed by atoms with Gasteiger partial charge in [0.2, 0.25) is 0 Å². The maximum Gasteiger partial charge on any atom is 0.159 e. The molecule has 378 valence electrons. The summed E-state index contributed by atoms with van der Waals surface area (Å²) in [6.45, 7) is 15.2. The number of nitrogens with zero attached hydrogens (tertiary/aromatic N) is 4. The van der Waals surface area contributed by atoms with Crippen LogP contribution in [0, 0.1) is 0 Å². The average molecular weight is 1020 g/mol. The minimum Gasteiger partial charge on any atom is -0.454 e. The lowest BCUT2D eigenvalue weighted by molar-refractivity contribution is 0.604. The molecule has 0 saturated carbocycles. The van der Waals surface area contributed by atoms with E-state index in [1.165, 1.54) is 87.3 Å². The molecule has 0 aliphatic carbocycles. The van der Waals surface area contributed by atoms with Crippen molar-refractivity contribution >= 4 is 155 Å². The summed E-state index contributed by atoms with van der Waals surface area (Å²) in [6, 6.07) is 71.8. The van der Waals surface area contributed by atoms with Crippen molar-refractivity contribution in [3.63, 3.8) is 0 Å². The number of rotatable bonds is 10. The van der Waals surface area contributed by atoms with Crippen LogP contribution < -0.4 is 9.80 Å². The van der Waals surface area contributed by atoms with Gasteiger partial charge in [-0.2, -0.15) is 0 Å². The lowest BCUT2D eigenvalue weighted by Crippen LogP contribution is -2.11. The molecule has 16 rings (SSSR count). The van der Waals surface area contributed by atoms with E-state index in [1.807, 2.05) is 13.0 Å². The van der Waals surface area contributed by atoms with Crippen molar-refractivity contribution in [3.05, 3.63) is 229 Å². The Morgan fingerprint density at radius 2 is 0.886 bits per heavy atom. The number of fused-ring (bicyclic) bond motifs is 16. The van der Waals surface area contributed by atoms with E-state index in [-0.39, 0.29) is 0 Å². The van der Waals surface area contributed by atoms with Crippen LogP contribution in [0.4, 0.5) is 34.1 Å². The summed E-state index contributed by atoms with van der Waals surface area (Å²) in [5.41, 5.74) is 19.6. The van der Waals surface area contributed by atoms with Crippen LogP contribution in [-0.4, -0.2) is 8.80 Å². The van der Waals surface area contributed by atoms with Crippen LogP contribution in [0.5, 0.6) is 0 Å². The molecule has 0 saturated heterocycles. The molecule has 0 aliphatic heterocycles. The molecule has 79 heavy (non-hydrogen) atoms. The zero-order valence-corrected chi connectivity index (χ0v) is 44.7. The fourth-order valence-corrected chi connectivity index (χ4v) is 13.4. The summed E-state index contributed by atoms with van der Waals surface area (Å²) in [5.74, 6) is 1.56. The van der Waals surface area contributed by atoms with Crippen molar-refractivity contribution in [2.24, 2.45) is 0 Å². The molecule has 0 bridgehead atoms. The van der Waals surface area contributed by atoms with Gasteiger partial charge in [-0.15, -0.1) is 0 Å². The smallest absolute Gasteiger partial charge is 0.159 e. The number of benzene rings is 10. The number of furan rings is 2. The third kappa shape index (κ3) is 6.28. The van der Waals surface area contributed by atoms with Crippen LogP contribution >= 0.6 is 0 Å². The van der Waals surface area contributed by atoms with Crippen molar-refractivity contribution in [2.45, 2.75) is 46.5 Å². The SMILES string of the molecule is C=Cc1oc2c(N(c3ccc(C(C)C)cc3)c3ccc4c5cc6c(cc5n5c7ccccc7c3c45)c3ccc(N(c4ccc(C(C)C)cc4)c4cccc5c4oc4ccccc45)c4c5ccccc5n6c34)cccc2c1/C=C\C. The van der Waals surface area contributed by atoms with E-state index < -0.39 is 0 Å². The highest BCUT2D eigenvalue weighted by Crippen LogP contribution is 2.53. The van der Waals surface area contributed by atoms with Gasteiger partial charge in [0.1, 0.15) is 11.3 Å². The molecule has 0 spiro atoms. The fraction of sp³-hybridized carbons (Fsp3) is 0.0959. The van der Waals surface area contributed by atoms with E-state index in [2.05, 4.69) is 259 Å². The van der Waals surface area contributed by atoms with E-state index in [0.29, 0.717) is 11.8 Å². The third-order valence-electron chi connectivity index (χ3n) is 17.0. The predicted octanol–water partition coefficient (Wildman–Crippen LogP) is 21.5. The second-order valence-corrected chi connectivity index (χ2v) is 22.0. The van der Waals surface area contributed by atoms with E-state index in [1.54, 1.807) is 0 Å². The molecule has 16 aromatic rings. The summed E-state index contributed by atoms with van der Waals surface area (Å²) < 4.78 is 18.7. The van der Waals surface area contributed by atoms with E-state index in [9.17, 15) is 0 Å². The first-order valence-electron chi connectivity index (χ1n) is 27.6. The van der Waals surface area contributed by atoms with Crippen molar-refractivity contribution in [3.8, 4) is 0 Å². The molecule has 10 aromatic carbocycles. The van der Waals surface area contributed by atoms with Gasteiger partial charge in [-0.3, -0.25) is 0 Å². The summed E-state index contributed by atoms with van der Waals surface area (Å²) in [4.78, 5) is 4.84. The van der Waals surface area contributed by atoms with E-state index >= 15 is 0 Å². The van der Waals surface area contributed by atoms with Crippen molar-refractivity contribution in [1.82, 2.24) is 8.80 Å². The Bertz CT molecular complexity index is 5180. The molecular weight excluding hydrogens is 965 g/mol. The minimum atomic E-state index is 0.397. The Hall–Kier alpha value is -9.78. The topological polar surface area (TPSA) is 41.6 Å². The number of aromatic nitrogens is 2. The molecule has 0 N–H and O–H groups in total. The Morgan fingerprint density at radius 3 is 1.39 bits per heavy atom. The summed E-state index contributed by atoms with van der Waals surface area (Å²) in [6.07, 6.45) is 6.01. The molecule has 6 nitrogen and oxygen atoms in total. The Morgan fingerprint density at radius 1 is 0.418 bits per heavy atom. The van der Waals surface area contributed by atoms with Crippen molar-refractivity contribution in [2.75, 3.05) is 9.80 Å². The van der Waals surface area contributed by atoms with Gasteiger partial charge >= 0.3 is 0 Å². The van der Waals surface area contributed by atoms with Gasteiger partial charge in [0.25, 0.3) is 0 Å². The van der Waals surface area contributed by atoms with Gasteiger partial charge in [0.05, 0.1) is 55.8 Å². The van der Waals surface area contributed by atoms with Crippen LogP contribution in [-0.2, 0) is 0 Å². The second kappa shape index (κ2) is 16.9. The molecule has 6 heterocycles. The Balaban J connectivity index is 0.969. The first kappa shape index (κ1) is 45.4. The summed E-state index contributed by atoms with van der Waals surface area (Å²) >= 11 is 0. The maximum absolute atomic E-state index is 6.83.